The third-order valence-electron chi connectivity index (χ3n) is 8.97. The molecule has 1 saturated carbocycles. The summed E-state index contributed by atoms with van der Waals surface area (Å²) in [7, 11) is 7.60. The van der Waals surface area contributed by atoms with Crippen molar-refractivity contribution in [3.05, 3.63) is 33.0 Å². The number of aromatic nitrogens is 3. The van der Waals surface area contributed by atoms with E-state index in [2.05, 4.69) is 44.4 Å². The van der Waals surface area contributed by atoms with Crippen molar-refractivity contribution < 1.29 is 14.7 Å². The first-order valence-corrected chi connectivity index (χ1v) is 15.1. The molecular weight excluding hydrogens is 624 g/mol. The summed E-state index contributed by atoms with van der Waals surface area (Å²) >= 11 is 10.5. The average molecular weight is 656 g/mol. The van der Waals surface area contributed by atoms with Crippen LogP contribution in [0.25, 0.3) is 28.0 Å². The normalized spacial score (nSPS) is 21.8. The highest BCUT2D eigenvalue weighted by molar-refractivity contribution is 9.10. The maximum atomic E-state index is 12.7. The summed E-state index contributed by atoms with van der Waals surface area (Å²) in [5, 5.41) is 20.3. The number of anilines is 1. The van der Waals surface area contributed by atoms with Gasteiger partial charge in [-0.2, -0.15) is 5.26 Å². The third kappa shape index (κ3) is 4.49. The zero-order chi connectivity index (χ0) is 30.0. The van der Waals surface area contributed by atoms with E-state index < -0.39 is 6.09 Å². The van der Waals surface area contributed by atoms with Gasteiger partial charge >= 0.3 is 6.09 Å². The highest BCUT2D eigenvalue weighted by Crippen LogP contribution is 2.52. The zero-order valence-electron chi connectivity index (χ0n) is 23.9. The topological polar surface area (TPSA) is 122 Å². The summed E-state index contributed by atoms with van der Waals surface area (Å²) in [6, 6.07) is 4.06. The van der Waals surface area contributed by atoms with Crippen molar-refractivity contribution >= 4 is 73.4 Å². The van der Waals surface area contributed by atoms with Crippen molar-refractivity contribution in [2.75, 3.05) is 52.7 Å². The van der Waals surface area contributed by atoms with Gasteiger partial charge in [0.25, 0.3) is 0 Å². The van der Waals surface area contributed by atoms with E-state index >= 15 is 0 Å². The lowest BCUT2D eigenvalue weighted by atomic mass is 9.79. The lowest BCUT2D eigenvalue weighted by Crippen LogP contribution is -2.57. The van der Waals surface area contributed by atoms with Crippen molar-refractivity contribution in [3.63, 3.8) is 0 Å². The number of carbonyl (C=O) groups excluding carboxylic acids is 1. The minimum absolute atomic E-state index is 0.00409. The Labute approximate surface area is 257 Å². The maximum Gasteiger partial charge on any atom is 0.407 e. The van der Waals surface area contributed by atoms with Crippen LogP contribution in [0.1, 0.15) is 30.3 Å². The molecule has 3 aromatic rings. The number of amides is 2. The van der Waals surface area contributed by atoms with Gasteiger partial charge in [0.2, 0.25) is 5.91 Å². The Balaban J connectivity index is 1.62. The molecule has 13 heteroatoms. The van der Waals surface area contributed by atoms with Crippen LogP contribution in [0.2, 0.25) is 5.02 Å². The number of carbonyl (C=O) groups is 2. The predicted octanol–water partition coefficient (Wildman–Crippen LogP) is 4.23. The van der Waals surface area contributed by atoms with Crippen LogP contribution >= 0.6 is 27.5 Å². The van der Waals surface area contributed by atoms with E-state index in [4.69, 9.17) is 21.6 Å². The number of pyridine rings is 1. The van der Waals surface area contributed by atoms with Gasteiger partial charge in [0.15, 0.2) is 5.82 Å². The molecule has 0 spiro atoms. The largest absolute Gasteiger partial charge is 0.465 e. The number of nitrogens with zero attached hydrogens (tertiary/aromatic N) is 8. The Morgan fingerprint density at radius 2 is 1.95 bits per heavy atom. The first-order valence-electron chi connectivity index (χ1n) is 13.9. The molecule has 220 valence electrons. The van der Waals surface area contributed by atoms with Gasteiger partial charge in [0.1, 0.15) is 11.3 Å². The van der Waals surface area contributed by atoms with E-state index in [1.54, 1.807) is 25.1 Å². The van der Waals surface area contributed by atoms with Gasteiger partial charge in [-0.25, -0.2) is 14.8 Å². The molecule has 2 aromatic heterocycles. The van der Waals surface area contributed by atoms with Crippen LogP contribution in [-0.4, -0.2) is 106 Å². The first-order chi connectivity index (χ1) is 20.0. The lowest BCUT2D eigenvalue weighted by molar-refractivity contribution is -0.128. The SMILES string of the molecule is CN(C)C(=O)CCc1nc2c(N3CC(N(C)C)C3)nc3c(Br)c(Cl)c(C=CC#N)cc3c2n1C1C2CC1N(C(=O)O)C2. The first kappa shape index (κ1) is 28.7. The van der Waals surface area contributed by atoms with Gasteiger partial charge in [-0.3, -0.25) is 4.79 Å². The van der Waals surface area contributed by atoms with E-state index in [9.17, 15) is 20.0 Å². The predicted molar refractivity (Wildman–Crippen MR) is 165 cm³/mol. The molecule has 3 atom stereocenters. The maximum absolute atomic E-state index is 12.7. The Morgan fingerprint density at radius 3 is 2.57 bits per heavy atom. The quantitative estimate of drug-likeness (QED) is 0.376. The molecule has 0 radical (unpaired) electrons. The number of rotatable bonds is 7. The molecule has 1 aromatic carbocycles. The highest BCUT2D eigenvalue weighted by Gasteiger charge is 2.56. The fourth-order valence-corrected chi connectivity index (χ4v) is 7.27. The molecule has 3 unspecified atom stereocenters. The van der Waals surface area contributed by atoms with Crippen LogP contribution in [0.5, 0.6) is 0 Å². The second-order valence-corrected chi connectivity index (χ2v) is 13.0. The van der Waals surface area contributed by atoms with Crippen LogP contribution < -0.4 is 4.90 Å². The van der Waals surface area contributed by atoms with E-state index in [0.29, 0.717) is 39.6 Å². The number of hydrogen-bond donors (Lipinski definition) is 1. The van der Waals surface area contributed by atoms with E-state index in [-0.39, 0.29) is 30.3 Å². The van der Waals surface area contributed by atoms with Gasteiger partial charge in [0, 0.05) is 70.0 Å². The molecule has 4 fully saturated rings. The van der Waals surface area contributed by atoms with Crippen molar-refractivity contribution in [2.45, 2.75) is 37.4 Å². The fraction of sp³-hybridized carbons (Fsp3) is 0.483. The number of aryl methyl sites for hydroxylation is 1. The second kappa shape index (κ2) is 10.7. The summed E-state index contributed by atoms with van der Waals surface area (Å²) < 4.78 is 2.81. The molecule has 2 amide bonds. The second-order valence-electron chi connectivity index (χ2n) is 11.8. The summed E-state index contributed by atoms with van der Waals surface area (Å²) in [6.07, 6.45) is 3.61. The third-order valence-corrected chi connectivity index (χ3v) is 10.4. The Kier molecular flexibility index (Phi) is 7.32. The van der Waals surface area contributed by atoms with E-state index in [1.807, 2.05) is 12.1 Å². The fourth-order valence-electron chi connectivity index (χ4n) is 6.53. The van der Waals surface area contributed by atoms with E-state index in [1.165, 1.54) is 11.0 Å². The number of likely N-dealkylation sites (N-methyl/N-ethyl adjacent to an activating group) is 1. The smallest absolute Gasteiger partial charge is 0.407 e. The number of benzene rings is 1. The molecule has 42 heavy (non-hydrogen) atoms. The Morgan fingerprint density at radius 1 is 1.21 bits per heavy atom. The molecule has 11 nitrogen and oxygen atoms in total. The highest BCUT2D eigenvalue weighted by atomic mass is 79.9. The number of carboxylic acid groups (broad SMARTS) is 1. The number of imidazole rings is 1. The van der Waals surface area contributed by atoms with Crippen molar-refractivity contribution in [3.8, 4) is 6.07 Å². The van der Waals surface area contributed by atoms with Crippen LogP contribution in [-0.2, 0) is 11.2 Å². The van der Waals surface area contributed by atoms with Gasteiger partial charge in [-0.15, -0.1) is 0 Å². The van der Waals surface area contributed by atoms with Crippen LogP contribution in [0.3, 0.4) is 0 Å². The summed E-state index contributed by atoms with van der Waals surface area (Å²) in [5.74, 6) is 1.63. The van der Waals surface area contributed by atoms with Crippen LogP contribution in [0.4, 0.5) is 10.6 Å². The molecule has 2 bridgehead atoms. The number of fused-ring (bicyclic) bond motifs is 4. The summed E-state index contributed by atoms with van der Waals surface area (Å²) in [4.78, 5) is 42.5. The summed E-state index contributed by atoms with van der Waals surface area (Å²) in [6.45, 7) is 2.05. The average Bonchev–Trinajstić information content (AvgIpc) is 3.61. The van der Waals surface area contributed by atoms with Gasteiger partial charge in [0.05, 0.1) is 38.7 Å². The Hall–Kier alpha value is -3.40. The number of halogens is 2. The Bertz CT molecular complexity index is 1690. The molecular formula is C29H32BrClN8O3. The minimum atomic E-state index is -0.917. The molecule has 5 heterocycles. The van der Waals surface area contributed by atoms with Crippen molar-refractivity contribution in [1.29, 1.82) is 5.26 Å². The number of nitriles is 1. The van der Waals surface area contributed by atoms with Gasteiger partial charge in [-0.1, -0.05) is 11.6 Å². The minimum Gasteiger partial charge on any atom is -0.465 e. The molecule has 7 rings (SSSR count). The standard InChI is InChI=1S/C29H32BrClN8O3/c1-35(2)17-13-37(14-17)28-25-27(18-10-15(6-5-9-32)23(31)22(30)24(18)34-28)39(20(33-25)7-8-21(40)36(3)4)26-16-11-19(26)38(12-16)29(41)42/h5-6,10,16-17,19,26H,7-8,11-14H2,1-4H3,(H,41,42). The molecule has 4 aliphatic rings. The molecule has 3 aliphatic heterocycles. The molecule has 1 aliphatic carbocycles. The number of allylic oxidation sites excluding steroid dienone is 1. The monoisotopic (exact) mass is 654 g/mol. The van der Waals surface area contributed by atoms with E-state index in [0.717, 1.165) is 47.6 Å². The molecule has 1 N–H and O–H groups in total. The van der Waals surface area contributed by atoms with Crippen LogP contribution in [0, 0.1) is 17.2 Å². The molecule has 3 saturated heterocycles. The summed E-state index contributed by atoms with van der Waals surface area (Å²) in [5.41, 5.74) is 2.91. The number of hydrogen-bond acceptors (Lipinski definition) is 7. The van der Waals surface area contributed by atoms with Gasteiger partial charge < -0.3 is 29.3 Å². The van der Waals surface area contributed by atoms with Crippen molar-refractivity contribution in [2.24, 2.45) is 5.92 Å². The van der Waals surface area contributed by atoms with Crippen molar-refractivity contribution in [1.82, 2.24) is 29.2 Å². The lowest BCUT2D eigenvalue weighted by Gasteiger charge is -2.43. The van der Waals surface area contributed by atoms with Gasteiger partial charge in [-0.05, 0) is 54.2 Å². The zero-order valence-corrected chi connectivity index (χ0v) is 26.2. The van der Waals surface area contributed by atoms with Crippen LogP contribution in [0.15, 0.2) is 16.6 Å².